The minimum absolute atomic E-state index is 0.0115. The number of aromatic hydroxyl groups is 1. The number of nitrogens with one attached hydrogen (secondary N) is 1. The summed E-state index contributed by atoms with van der Waals surface area (Å²) < 4.78 is 5.23. The Morgan fingerprint density at radius 1 is 1.20 bits per heavy atom. The molecule has 2 N–H and O–H groups in total. The lowest BCUT2D eigenvalue weighted by Crippen LogP contribution is -2.10. The van der Waals surface area contributed by atoms with Crippen molar-refractivity contribution in [1.29, 1.82) is 0 Å². The van der Waals surface area contributed by atoms with Crippen LogP contribution in [0.2, 0.25) is 0 Å². The monoisotopic (exact) mass is 268 g/mol. The molecule has 1 aliphatic rings. The molecule has 4 heteroatoms. The molecule has 4 nitrogen and oxygen atoms in total. The lowest BCUT2D eigenvalue weighted by molar-refractivity contribution is 0.414. The molecule has 2 aromatic carbocycles. The van der Waals surface area contributed by atoms with Crippen molar-refractivity contribution in [3.05, 3.63) is 59.7 Å². The lowest BCUT2D eigenvalue weighted by Gasteiger charge is -2.11. The van der Waals surface area contributed by atoms with Crippen molar-refractivity contribution in [2.75, 3.05) is 7.11 Å². The second-order valence-corrected chi connectivity index (χ2v) is 4.74. The molecule has 0 aliphatic carbocycles. The number of ether oxygens (including phenoxy) is 1. The fraction of sp³-hybridized carbons (Fsp3) is 0.188. The van der Waals surface area contributed by atoms with Gasteiger partial charge in [-0.1, -0.05) is 30.3 Å². The van der Waals surface area contributed by atoms with Gasteiger partial charge in [-0.25, -0.2) is 0 Å². The summed E-state index contributed by atoms with van der Waals surface area (Å²) in [5.41, 5.74) is 5.96. The number of hydrogen-bond donors (Lipinski definition) is 2. The Balaban J connectivity index is 1.81. The molecule has 3 rings (SSSR count). The zero-order chi connectivity index (χ0) is 13.9. The molecule has 0 bridgehead atoms. The van der Waals surface area contributed by atoms with Gasteiger partial charge in [0.2, 0.25) is 0 Å². The smallest absolute Gasteiger partial charge is 0.120 e. The highest BCUT2D eigenvalue weighted by Gasteiger charge is 2.23. The number of phenols is 1. The Morgan fingerprint density at radius 2 is 2.05 bits per heavy atom. The topological polar surface area (TPSA) is 53.8 Å². The fourth-order valence-corrected chi connectivity index (χ4v) is 2.39. The molecule has 0 saturated heterocycles. The summed E-state index contributed by atoms with van der Waals surface area (Å²) in [7, 11) is 1.65. The molecule has 102 valence electrons. The van der Waals surface area contributed by atoms with Crippen molar-refractivity contribution in [2.24, 2.45) is 5.10 Å². The summed E-state index contributed by atoms with van der Waals surface area (Å²) in [4.78, 5) is 0. The number of hydrogen-bond acceptors (Lipinski definition) is 4. The first-order valence-electron chi connectivity index (χ1n) is 6.52. The first kappa shape index (κ1) is 12.5. The molecule has 1 unspecified atom stereocenters. The number of phenolic OH excluding ortho intramolecular Hbond substituents is 1. The molecule has 0 amide bonds. The molecule has 1 atom stereocenters. The first-order chi connectivity index (χ1) is 9.78. The Morgan fingerprint density at radius 3 is 2.85 bits per heavy atom. The highest BCUT2D eigenvalue weighted by atomic mass is 16.5. The number of benzene rings is 2. The molecule has 0 spiro atoms. The van der Waals surface area contributed by atoms with E-state index in [-0.39, 0.29) is 6.04 Å². The van der Waals surface area contributed by atoms with E-state index in [0.717, 1.165) is 29.0 Å². The highest BCUT2D eigenvalue weighted by molar-refractivity contribution is 6.02. The van der Waals surface area contributed by atoms with Gasteiger partial charge in [0.15, 0.2) is 0 Å². The number of hydrazone groups is 1. The molecule has 0 aromatic heterocycles. The molecule has 1 aliphatic heterocycles. The maximum Gasteiger partial charge on any atom is 0.120 e. The normalized spacial score (nSPS) is 17.4. The van der Waals surface area contributed by atoms with Gasteiger partial charge >= 0.3 is 0 Å². The fourth-order valence-electron chi connectivity index (χ4n) is 2.39. The van der Waals surface area contributed by atoms with E-state index < -0.39 is 0 Å². The van der Waals surface area contributed by atoms with Gasteiger partial charge in [-0.15, -0.1) is 0 Å². The summed E-state index contributed by atoms with van der Waals surface area (Å²) in [5.74, 6) is 1.11. The molecule has 0 radical (unpaired) electrons. The third kappa shape index (κ3) is 2.32. The van der Waals surface area contributed by atoms with Gasteiger partial charge in [-0.3, -0.25) is 0 Å². The van der Waals surface area contributed by atoms with Gasteiger partial charge < -0.3 is 15.3 Å². The van der Waals surface area contributed by atoms with Crippen LogP contribution in [0, 0.1) is 0 Å². The average Bonchev–Trinajstić information content (AvgIpc) is 2.97. The second-order valence-electron chi connectivity index (χ2n) is 4.74. The predicted molar refractivity (Wildman–Crippen MR) is 78.1 cm³/mol. The Hall–Kier alpha value is -2.49. The minimum Gasteiger partial charge on any atom is -0.508 e. The van der Waals surface area contributed by atoms with E-state index in [2.05, 4.69) is 10.5 Å². The van der Waals surface area contributed by atoms with Crippen molar-refractivity contribution in [3.63, 3.8) is 0 Å². The van der Waals surface area contributed by atoms with Crippen molar-refractivity contribution in [1.82, 2.24) is 5.43 Å². The maximum atomic E-state index is 9.90. The molecule has 20 heavy (non-hydrogen) atoms. The van der Waals surface area contributed by atoms with E-state index in [4.69, 9.17) is 4.74 Å². The average molecular weight is 268 g/mol. The van der Waals surface area contributed by atoms with E-state index in [1.807, 2.05) is 42.5 Å². The van der Waals surface area contributed by atoms with Gasteiger partial charge in [0.25, 0.3) is 0 Å². The van der Waals surface area contributed by atoms with Gasteiger partial charge in [-0.05, 0) is 18.2 Å². The van der Waals surface area contributed by atoms with E-state index in [9.17, 15) is 5.11 Å². The summed E-state index contributed by atoms with van der Waals surface area (Å²) >= 11 is 0. The van der Waals surface area contributed by atoms with Crippen LogP contribution in [0.5, 0.6) is 11.5 Å². The highest BCUT2D eigenvalue weighted by Crippen LogP contribution is 2.30. The molecule has 1 heterocycles. The molecular formula is C16H16N2O2. The van der Waals surface area contributed by atoms with Gasteiger partial charge in [0.1, 0.15) is 11.5 Å². The summed E-state index contributed by atoms with van der Waals surface area (Å²) in [6.07, 6.45) is 0.741. The third-order valence-electron chi connectivity index (χ3n) is 3.47. The van der Waals surface area contributed by atoms with Crippen molar-refractivity contribution in [3.8, 4) is 11.5 Å². The van der Waals surface area contributed by atoms with Crippen LogP contribution < -0.4 is 10.2 Å². The van der Waals surface area contributed by atoms with Crippen LogP contribution in [0.15, 0.2) is 53.6 Å². The third-order valence-corrected chi connectivity index (χ3v) is 3.47. The van der Waals surface area contributed by atoms with Crippen molar-refractivity contribution in [2.45, 2.75) is 12.5 Å². The number of nitrogens with zero attached hydrogens (tertiary/aromatic N) is 1. The van der Waals surface area contributed by atoms with E-state index in [1.54, 1.807) is 13.2 Å². The zero-order valence-electron chi connectivity index (χ0n) is 11.2. The molecule has 0 saturated carbocycles. The first-order valence-corrected chi connectivity index (χ1v) is 6.52. The lowest BCUT2D eigenvalue weighted by atomic mass is 9.98. The van der Waals surface area contributed by atoms with E-state index in [1.165, 1.54) is 0 Å². The molecular weight excluding hydrogens is 252 g/mol. The van der Waals surface area contributed by atoms with Gasteiger partial charge in [0.05, 0.1) is 18.9 Å². The molecule has 0 fully saturated rings. The van der Waals surface area contributed by atoms with Crippen LogP contribution >= 0.6 is 0 Å². The second kappa shape index (κ2) is 5.25. The Bertz CT molecular complexity index is 652. The standard InChI is InChI=1S/C16H16N2O2/c1-20-12-6-4-5-11(9-12)14-10-15(18-17-14)13-7-2-3-8-16(13)19/h2-9,15,18-19H,10H2,1H3. The number of methoxy groups -OCH3 is 1. The van der Waals surface area contributed by atoms with Crippen LogP contribution in [-0.2, 0) is 0 Å². The largest absolute Gasteiger partial charge is 0.508 e. The summed E-state index contributed by atoms with van der Waals surface area (Å²) in [6, 6.07) is 15.2. The predicted octanol–water partition coefficient (Wildman–Crippen LogP) is 2.84. The van der Waals surface area contributed by atoms with Crippen LogP contribution in [0.3, 0.4) is 0 Å². The molecule has 2 aromatic rings. The minimum atomic E-state index is 0.0115. The maximum absolute atomic E-state index is 9.90. The van der Waals surface area contributed by atoms with Crippen molar-refractivity contribution >= 4 is 5.71 Å². The Labute approximate surface area is 117 Å². The van der Waals surface area contributed by atoms with E-state index in [0.29, 0.717) is 5.75 Å². The van der Waals surface area contributed by atoms with Crippen LogP contribution in [0.1, 0.15) is 23.6 Å². The zero-order valence-corrected chi connectivity index (χ0v) is 11.2. The number of rotatable bonds is 3. The van der Waals surface area contributed by atoms with Crippen molar-refractivity contribution < 1.29 is 9.84 Å². The van der Waals surface area contributed by atoms with Crippen LogP contribution in [0.4, 0.5) is 0 Å². The van der Waals surface area contributed by atoms with Crippen LogP contribution in [0.25, 0.3) is 0 Å². The van der Waals surface area contributed by atoms with E-state index >= 15 is 0 Å². The summed E-state index contributed by atoms with van der Waals surface area (Å²) in [6.45, 7) is 0. The SMILES string of the molecule is COc1cccc(C2=NNC(c3ccccc3O)C2)c1. The number of para-hydroxylation sites is 1. The van der Waals surface area contributed by atoms with Gasteiger partial charge in [0, 0.05) is 17.5 Å². The van der Waals surface area contributed by atoms with Crippen LogP contribution in [-0.4, -0.2) is 17.9 Å². The summed E-state index contributed by atoms with van der Waals surface area (Å²) in [5, 5.41) is 14.3. The van der Waals surface area contributed by atoms with Gasteiger partial charge in [-0.2, -0.15) is 5.10 Å². The Kier molecular flexibility index (Phi) is 3.29. The quantitative estimate of drug-likeness (QED) is 0.900.